The second-order valence-corrected chi connectivity index (χ2v) is 5.12. The summed E-state index contributed by atoms with van der Waals surface area (Å²) in [7, 11) is 0. The molecule has 1 aliphatic carbocycles. The van der Waals surface area contributed by atoms with Crippen molar-refractivity contribution in [1.82, 2.24) is 15.0 Å². The normalized spacial score (nSPS) is 14.8. The number of hydrazine groups is 1. The lowest BCUT2D eigenvalue weighted by Crippen LogP contribution is -2.13. The van der Waals surface area contributed by atoms with Crippen molar-refractivity contribution in [3.8, 4) is 0 Å². The zero-order valence-electron chi connectivity index (χ0n) is 9.88. The van der Waals surface area contributed by atoms with Crippen molar-refractivity contribution in [2.75, 3.05) is 5.43 Å². The van der Waals surface area contributed by atoms with Gasteiger partial charge in [-0.1, -0.05) is 0 Å². The Kier molecular flexibility index (Phi) is 2.92. The summed E-state index contributed by atoms with van der Waals surface area (Å²) in [5, 5.41) is 1.41. The van der Waals surface area contributed by atoms with Crippen molar-refractivity contribution in [1.29, 1.82) is 0 Å². The molecule has 0 bridgehead atoms. The lowest BCUT2D eigenvalue weighted by Gasteiger charge is -2.09. The Hall–Kier alpha value is -1.60. The van der Waals surface area contributed by atoms with Crippen LogP contribution in [0.25, 0.3) is 0 Å². The fraction of sp³-hybridized carbons (Fsp3) is 0.364. The smallest absolute Gasteiger partial charge is 0.261 e. The number of aromatic nitrogens is 3. The molecule has 3 N–H and O–H groups in total. The molecular formula is C11H13N5OS. The summed E-state index contributed by atoms with van der Waals surface area (Å²) in [5.74, 6) is 7.48. The topological polar surface area (TPSA) is 89.9 Å². The monoisotopic (exact) mass is 263 g/mol. The Morgan fingerprint density at radius 3 is 2.89 bits per heavy atom. The van der Waals surface area contributed by atoms with E-state index in [-0.39, 0.29) is 0 Å². The molecule has 6 nitrogen and oxygen atoms in total. The predicted molar refractivity (Wildman–Crippen MR) is 67.2 cm³/mol. The quantitative estimate of drug-likeness (QED) is 0.496. The highest BCUT2D eigenvalue weighted by atomic mass is 32.2. The molecule has 1 saturated carbocycles. The van der Waals surface area contributed by atoms with Gasteiger partial charge in [0.2, 0.25) is 0 Å². The molecule has 18 heavy (non-hydrogen) atoms. The number of oxazole rings is 1. The van der Waals surface area contributed by atoms with Gasteiger partial charge in [-0.25, -0.2) is 20.8 Å². The summed E-state index contributed by atoms with van der Waals surface area (Å²) < 4.78 is 5.22. The van der Waals surface area contributed by atoms with E-state index in [1.54, 1.807) is 12.5 Å². The van der Waals surface area contributed by atoms with E-state index in [1.165, 1.54) is 11.8 Å². The standard InChI is InChI=1S/C11H13N5OS/c1-6-8(16-12)14-9(7-2-3-7)15-10(6)18-11-13-4-5-17-11/h4-5,7H,2-3,12H2,1H3,(H,14,15,16). The van der Waals surface area contributed by atoms with Gasteiger partial charge in [0.25, 0.3) is 5.22 Å². The molecule has 2 aromatic rings. The second kappa shape index (κ2) is 4.58. The Labute approximate surface area is 108 Å². The van der Waals surface area contributed by atoms with Gasteiger partial charge in [-0.2, -0.15) is 0 Å². The van der Waals surface area contributed by atoms with Crippen LogP contribution in [0.2, 0.25) is 0 Å². The van der Waals surface area contributed by atoms with Crippen LogP contribution in [0.3, 0.4) is 0 Å². The highest BCUT2D eigenvalue weighted by Gasteiger charge is 2.28. The number of nitrogens with two attached hydrogens (primary N) is 1. The van der Waals surface area contributed by atoms with Crippen LogP contribution in [0.4, 0.5) is 5.82 Å². The van der Waals surface area contributed by atoms with Crippen molar-refractivity contribution in [2.24, 2.45) is 5.84 Å². The Morgan fingerprint density at radius 2 is 2.28 bits per heavy atom. The fourth-order valence-corrected chi connectivity index (χ4v) is 2.39. The third-order valence-electron chi connectivity index (χ3n) is 2.79. The van der Waals surface area contributed by atoms with E-state index in [1.807, 2.05) is 6.92 Å². The molecule has 0 atom stereocenters. The summed E-state index contributed by atoms with van der Waals surface area (Å²) in [4.78, 5) is 13.1. The third-order valence-corrected chi connectivity index (χ3v) is 3.76. The van der Waals surface area contributed by atoms with Gasteiger partial charge in [0.1, 0.15) is 22.9 Å². The molecule has 0 unspecified atom stereocenters. The molecule has 0 amide bonds. The minimum Gasteiger partial charge on any atom is -0.440 e. The van der Waals surface area contributed by atoms with E-state index in [0.717, 1.165) is 29.3 Å². The Bertz CT molecular complexity index is 553. The number of rotatable bonds is 4. The van der Waals surface area contributed by atoms with Gasteiger partial charge in [0.15, 0.2) is 0 Å². The number of nitrogen functional groups attached to an aromatic ring is 1. The third kappa shape index (κ3) is 2.19. The molecule has 0 aliphatic heterocycles. The number of hydrogen-bond acceptors (Lipinski definition) is 7. The van der Waals surface area contributed by atoms with Crippen LogP contribution in [0, 0.1) is 6.92 Å². The SMILES string of the molecule is Cc1c(NN)nc(C2CC2)nc1Sc1ncco1. The Balaban J connectivity index is 1.98. The van der Waals surface area contributed by atoms with Crippen molar-refractivity contribution >= 4 is 17.6 Å². The summed E-state index contributed by atoms with van der Waals surface area (Å²) in [5.41, 5.74) is 3.53. The van der Waals surface area contributed by atoms with Crippen molar-refractivity contribution in [3.63, 3.8) is 0 Å². The summed E-state index contributed by atoms with van der Waals surface area (Å²) >= 11 is 1.39. The Morgan fingerprint density at radius 1 is 1.44 bits per heavy atom. The minimum absolute atomic E-state index is 0.474. The van der Waals surface area contributed by atoms with E-state index >= 15 is 0 Å². The molecule has 3 rings (SSSR count). The molecule has 0 radical (unpaired) electrons. The van der Waals surface area contributed by atoms with Gasteiger partial charge in [-0.15, -0.1) is 0 Å². The van der Waals surface area contributed by atoms with E-state index in [4.69, 9.17) is 10.3 Å². The summed E-state index contributed by atoms with van der Waals surface area (Å²) in [6.07, 6.45) is 5.46. The van der Waals surface area contributed by atoms with Gasteiger partial charge in [0.05, 0.1) is 6.20 Å². The maximum Gasteiger partial charge on any atom is 0.261 e. The molecule has 94 valence electrons. The highest BCUT2D eigenvalue weighted by Crippen LogP contribution is 2.40. The first-order valence-corrected chi connectivity index (χ1v) is 6.52. The summed E-state index contributed by atoms with van der Waals surface area (Å²) in [6.45, 7) is 1.93. The van der Waals surface area contributed by atoms with Crippen LogP contribution in [0.15, 0.2) is 27.1 Å². The minimum atomic E-state index is 0.474. The summed E-state index contributed by atoms with van der Waals surface area (Å²) in [6, 6.07) is 0. The van der Waals surface area contributed by atoms with Gasteiger partial charge < -0.3 is 9.84 Å². The molecule has 0 spiro atoms. The number of nitrogens with zero attached hydrogens (tertiary/aromatic N) is 3. The van der Waals surface area contributed by atoms with Crippen LogP contribution in [-0.4, -0.2) is 15.0 Å². The zero-order chi connectivity index (χ0) is 12.5. The first-order chi connectivity index (χ1) is 8.78. The van der Waals surface area contributed by atoms with Crippen LogP contribution in [-0.2, 0) is 0 Å². The van der Waals surface area contributed by atoms with Crippen LogP contribution in [0.5, 0.6) is 0 Å². The highest BCUT2D eigenvalue weighted by molar-refractivity contribution is 7.99. The zero-order valence-corrected chi connectivity index (χ0v) is 10.7. The maximum absolute atomic E-state index is 5.49. The van der Waals surface area contributed by atoms with Crippen molar-refractivity contribution in [2.45, 2.75) is 35.9 Å². The fourth-order valence-electron chi connectivity index (χ4n) is 1.62. The lowest BCUT2D eigenvalue weighted by atomic mass is 10.3. The van der Waals surface area contributed by atoms with Crippen molar-refractivity contribution in [3.05, 3.63) is 23.8 Å². The largest absolute Gasteiger partial charge is 0.440 e. The van der Waals surface area contributed by atoms with Crippen molar-refractivity contribution < 1.29 is 4.42 Å². The molecule has 1 aliphatic rings. The predicted octanol–water partition coefficient (Wildman–Crippen LogP) is 2.09. The molecule has 2 aromatic heterocycles. The second-order valence-electron chi connectivity index (χ2n) is 4.18. The van der Waals surface area contributed by atoms with Gasteiger partial charge in [-0.05, 0) is 31.5 Å². The van der Waals surface area contributed by atoms with E-state index in [0.29, 0.717) is 17.0 Å². The number of nitrogens with one attached hydrogen (secondary N) is 1. The van der Waals surface area contributed by atoms with Crippen LogP contribution in [0.1, 0.15) is 30.1 Å². The van der Waals surface area contributed by atoms with Gasteiger partial charge in [-0.3, -0.25) is 0 Å². The first-order valence-electron chi connectivity index (χ1n) is 5.70. The van der Waals surface area contributed by atoms with Crippen LogP contribution < -0.4 is 11.3 Å². The lowest BCUT2D eigenvalue weighted by molar-refractivity contribution is 0.454. The molecule has 0 saturated heterocycles. The van der Waals surface area contributed by atoms with Gasteiger partial charge in [0, 0.05) is 11.5 Å². The molecular weight excluding hydrogens is 250 g/mol. The average molecular weight is 263 g/mol. The number of hydrogen-bond donors (Lipinski definition) is 2. The van der Waals surface area contributed by atoms with E-state index < -0.39 is 0 Å². The van der Waals surface area contributed by atoms with E-state index in [9.17, 15) is 0 Å². The average Bonchev–Trinajstić information content (AvgIpc) is 3.11. The molecule has 0 aromatic carbocycles. The molecule has 7 heteroatoms. The first kappa shape index (κ1) is 11.5. The maximum atomic E-state index is 5.49. The number of anilines is 1. The molecule has 1 fully saturated rings. The molecule has 2 heterocycles. The van der Waals surface area contributed by atoms with Gasteiger partial charge >= 0.3 is 0 Å². The van der Waals surface area contributed by atoms with E-state index in [2.05, 4.69) is 20.4 Å². The van der Waals surface area contributed by atoms with Crippen LogP contribution >= 0.6 is 11.8 Å².